The Hall–Kier alpha value is -1.20. The van der Waals surface area contributed by atoms with E-state index < -0.39 is 5.97 Å². The van der Waals surface area contributed by atoms with E-state index in [9.17, 15) is 9.90 Å². The summed E-state index contributed by atoms with van der Waals surface area (Å²) in [5.41, 5.74) is 1.06. The van der Waals surface area contributed by atoms with Crippen LogP contribution in [0.15, 0.2) is 28.7 Å². The van der Waals surface area contributed by atoms with Crippen LogP contribution in [0.5, 0.6) is 0 Å². The number of benzene rings is 1. The summed E-state index contributed by atoms with van der Waals surface area (Å²) >= 11 is 4.83. The van der Waals surface area contributed by atoms with Gasteiger partial charge < -0.3 is 5.11 Å². The van der Waals surface area contributed by atoms with E-state index >= 15 is 0 Å². The van der Waals surface area contributed by atoms with Gasteiger partial charge in [-0.25, -0.2) is 9.78 Å². The third-order valence-corrected chi connectivity index (χ3v) is 4.14. The van der Waals surface area contributed by atoms with Gasteiger partial charge in [0, 0.05) is 4.47 Å². The van der Waals surface area contributed by atoms with Crippen molar-refractivity contribution in [3.05, 3.63) is 39.4 Å². The molecule has 0 spiro atoms. The molecule has 18 heavy (non-hydrogen) atoms. The molecule has 1 aromatic heterocycles. The molecule has 0 radical (unpaired) electrons. The van der Waals surface area contributed by atoms with Crippen molar-refractivity contribution in [1.29, 1.82) is 0 Å². The largest absolute Gasteiger partial charge is 0.476 e. The van der Waals surface area contributed by atoms with Gasteiger partial charge in [0.05, 0.1) is 9.88 Å². The lowest BCUT2D eigenvalue weighted by molar-refractivity contribution is 0.0692. The quantitative estimate of drug-likeness (QED) is 0.915. The van der Waals surface area contributed by atoms with Crippen LogP contribution in [0.4, 0.5) is 0 Å². The molecule has 94 valence electrons. The fourth-order valence-corrected chi connectivity index (χ4v) is 3.05. The molecule has 1 N–H and O–H groups in total. The summed E-state index contributed by atoms with van der Waals surface area (Å²) in [7, 11) is 0. The van der Waals surface area contributed by atoms with Crippen LogP contribution in [0.2, 0.25) is 0 Å². The highest BCUT2D eigenvalue weighted by molar-refractivity contribution is 9.10. The van der Waals surface area contributed by atoms with E-state index in [0.717, 1.165) is 32.8 Å². The average molecular weight is 326 g/mol. The number of carboxylic acids is 1. The van der Waals surface area contributed by atoms with Gasteiger partial charge in [-0.2, -0.15) is 0 Å². The van der Waals surface area contributed by atoms with Gasteiger partial charge in [0.25, 0.3) is 0 Å². The van der Waals surface area contributed by atoms with Gasteiger partial charge in [0.15, 0.2) is 5.69 Å². The van der Waals surface area contributed by atoms with E-state index in [2.05, 4.69) is 27.8 Å². The number of carboxylic acid groups (broad SMARTS) is 1. The fourth-order valence-electron chi connectivity index (χ4n) is 1.63. The normalized spacial score (nSPS) is 10.6. The van der Waals surface area contributed by atoms with Gasteiger partial charge in [-0.3, -0.25) is 0 Å². The van der Waals surface area contributed by atoms with Crippen LogP contribution in [-0.2, 0) is 6.42 Å². The predicted molar refractivity (Wildman–Crippen MR) is 76.2 cm³/mol. The Kier molecular flexibility index (Phi) is 4.14. The van der Waals surface area contributed by atoms with Crippen molar-refractivity contribution in [3.63, 3.8) is 0 Å². The first-order chi connectivity index (χ1) is 8.61. The number of aryl methyl sites for hydroxylation is 1. The number of carbonyl (C=O) groups is 1. The molecule has 1 heterocycles. The molecule has 0 saturated carbocycles. The average Bonchev–Trinajstić information content (AvgIpc) is 2.75. The molecule has 3 nitrogen and oxygen atoms in total. The zero-order valence-electron chi connectivity index (χ0n) is 9.81. The SMILES string of the molecule is CCCc1nc(C(=O)O)c(-c2ccc(Br)cc2)s1. The smallest absolute Gasteiger partial charge is 0.356 e. The predicted octanol–water partition coefficient (Wildman–Crippen LogP) is 4.22. The minimum atomic E-state index is -0.966. The number of nitrogens with zero attached hydrogens (tertiary/aromatic N) is 1. The Morgan fingerprint density at radius 3 is 2.61 bits per heavy atom. The van der Waals surface area contributed by atoms with Gasteiger partial charge >= 0.3 is 5.97 Å². The molecule has 0 aliphatic heterocycles. The number of hydrogen-bond acceptors (Lipinski definition) is 3. The molecule has 0 aliphatic rings. The summed E-state index contributed by atoms with van der Waals surface area (Å²) in [5, 5.41) is 10.1. The lowest BCUT2D eigenvalue weighted by Gasteiger charge is -1.98. The molecular weight excluding hydrogens is 314 g/mol. The third-order valence-electron chi connectivity index (χ3n) is 2.44. The topological polar surface area (TPSA) is 50.2 Å². The molecule has 2 aromatic rings. The minimum absolute atomic E-state index is 0.158. The summed E-state index contributed by atoms with van der Waals surface area (Å²) in [6.45, 7) is 2.06. The number of hydrogen-bond donors (Lipinski definition) is 1. The van der Waals surface area contributed by atoms with Gasteiger partial charge in [-0.15, -0.1) is 11.3 Å². The van der Waals surface area contributed by atoms with Crippen LogP contribution in [0, 0.1) is 0 Å². The number of aromatic nitrogens is 1. The van der Waals surface area contributed by atoms with Crippen molar-refractivity contribution in [2.45, 2.75) is 19.8 Å². The summed E-state index contributed by atoms with van der Waals surface area (Å²) in [5.74, 6) is -0.966. The summed E-state index contributed by atoms with van der Waals surface area (Å²) in [6, 6.07) is 7.61. The van der Waals surface area contributed by atoms with Crippen molar-refractivity contribution >= 4 is 33.2 Å². The second-order valence-electron chi connectivity index (χ2n) is 3.85. The minimum Gasteiger partial charge on any atom is -0.476 e. The summed E-state index contributed by atoms with van der Waals surface area (Å²) < 4.78 is 0.974. The standard InChI is InChI=1S/C13H12BrNO2S/c1-2-3-10-15-11(13(16)17)12(18-10)8-4-6-9(14)7-5-8/h4-7H,2-3H2,1H3,(H,16,17). The highest BCUT2D eigenvalue weighted by atomic mass is 79.9. The van der Waals surface area contributed by atoms with Crippen LogP contribution in [-0.4, -0.2) is 16.1 Å². The summed E-state index contributed by atoms with van der Waals surface area (Å²) in [4.78, 5) is 16.2. The Labute approximate surface area is 118 Å². The van der Waals surface area contributed by atoms with E-state index in [4.69, 9.17) is 0 Å². The van der Waals surface area contributed by atoms with Crippen LogP contribution in [0.1, 0.15) is 28.8 Å². The Morgan fingerprint density at radius 1 is 1.39 bits per heavy atom. The van der Waals surface area contributed by atoms with Crippen molar-refractivity contribution in [3.8, 4) is 10.4 Å². The lowest BCUT2D eigenvalue weighted by atomic mass is 10.1. The zero-order valence-corrected chi connectivity index (χ0v) is 12.2. The third kappa shape index (κ3) is 2.79. The molecule has 0 bridgehead atoms. The first kappa shape index (κ1) is 13.2. The first-order valence-corrected chi connectivity index (χ1v) is 7.21. The maximum absolute atomic E-state index is 11.2. The van der Waals surface area contributed by atoms with E-state index in [0.29, 0.717) is 0 Å². The lowest BCUT2D eigenvalue weighted by Crippen LogP contribution is -1.99. The van der Waals surface area contributed by atoms with Gasteiger partial charge in [0.2, 0.25) is 0 Å². The molecule has 0 saturated heterocycles. The van der Waals surface area contributed by atoms with E-state index in [-0.39, 0.29) is 5.69 Å². The highest BCUT2D eigenvalue weighted by Gasteiger charge is 2.18. The Balaban J connectivity index is 2.47. The second kappa shape index (κ2) is 5.63. The van der Waals surface area contributed by atoms with E-state index in [1.807, 2.05) is 24.3 Å². The van der Waals surface area contributed by atoms with Gasteiger partial charge in [0.1, 0.15) is 0 Å². The number of halogens is 1. The van der Waals surface area contributed by atoms with Gasteiger partial charge in [-0.05, 0) is 30.5 Å². The van der Waals surface area contributed by atoms with Crippen molar-refractivity contribution in [2.24, 2.45) is 0 Å². The maximum atomic E-state index is 11.2. The molecule has 0 aliphatic carbocycles. The Morgan fingerprint density at radius 2 is 2.06 bits per heavy atom. The van der Waals surface area contributed by atoms with Gasteiger partial charge in [-0.1, -0.05) is 35.0 Å². The van der Waals surface area contributed by atoms with E-state index in [1.54, 1.807) is 0 Å². The van der Waals surface area contributed by atoms with Crippen molar-refractivity contribution in [1.82, 2.24) is 4.98 Å². The fraction of sp³-hybridized carbons (Fsp3) is 0.231. The van der Waals surface area contributed by atoms with Crippen LogP contribution < -0.4 is 0 Å². The highest BCUT2D eigenvalue weighted by Crippen LogP contribution is 2.31. The summed E-state index contributed by atoms with van der Waals surface area (Å²) in [6.07, 6.45) is 1.79. The van der Waals surface area contributed by atoms with E-state index in [1.165, 1.54) is 11.3 Å². The van der Waals surface area contributed by atoms with Crippen molar-refractivity contribution < 1.29 is 9.90 Å². The molecule has 0 fully saturated rings. The molecular formula is C13H12BrNO2S. The van der Waals surface area contributed by atoms with Crippen molar-refractivity contribution in [2.75, 3.05) is 0 Å². The molecule has 0 amide bonds. The molecule has 0 unspecified atom stereocenters. The molecule has 5 heteroatoms. The van der Waals surface area contributed by atoms with Crippen LogP contribution in [0.25, 0.3) is 10.4 Å². The number of thiazole rings is 1. The molecule has 1 aromatic carbocycles. The molecule has 0 atom stereocenters. The maximum Gasteiger partial charge on any atom is 0.356 e. The zero-order chi connectivity index (χ0) is 13.1. The second-order valence-corrected chi connectivity index (χ2v) is 5.85. The first-order valence-electron chi connectivity index (χ1n) is 5.60. The number of rotatable bonds is 4. The number of aromatic carboxylic acids is 1. The van der Waals surface area contributed by atoms with Crippen LogP contribution >= 0.6 is 27.3 Å². The van der Waals surface area contributed by atoms with Crippen LogP contribution in [0.3, 0.4) is 0 Å². The monoisotopic (exact) mass is 325 g/mol. The Bertz CT molecular complexity index is 563. The molecule has 2 rings (SSSR count).